The molecule has 0 saturated carbocycles. The summed E-state index contributed by atoms with van der Waals surface area (Å²) in [6.45, 7) is 6.59. The molecule has 80 valence electrons. The zero-order valence-electron chi connectivity index (χ0n) is 9.45. The lowest BCUT2D eigenvalue weighted by Gasteiger charge is -2.11. The summed E-state index contributed by atoms with van der Waals surface area (Å²) in [7, 11) is 2.00. The molecule has 0 aliphatic carbocycles. The second kappa shape index (κ2) is 5.81. The van der Waals surface area contributed by atoms with Gasteiger partial charge in [-0.2, -0.15) is 0 Å². The van der Waals surface area contributed by atoms with Crippen molar-refractivity contribution in [2.45, 2.75) is 33.2 Å². The van der Waals surface area contributed by atoms with Crippen LogP contribution in [0.1, 0.15) is 26.1 Å². The molecule has 3 nitrogen and oxygen atoms in total. The molecule has 1 atom stereocenters. The molecule has 1 rings (SSSR count). The van der Waals surface area contributed by atoms with Crippen LogP contribution in [-0.4, -0.2) is 23.1 Å². The van der Waals surface area contributed by atoms with E-state index < -0.39 is 0 Å². The van der Waals surface area contributed by atoms with Crippen molar-refractivity contribution < 1.29 is 0 Å². The third-order valence-electron chi connectivity index (χ3n) is 2.35. The molecule has 1 aromatic heterocycles. The van der Waals surface area contributed by atoms with Gasteiger partial charge in [-0.1, -0.05) is 13.8 Å². The Morgan fingerprint density at radius 2 is 2.36 bits per heavy atom. The average molecular weight is 195 g/mol. The van der Waals surface area contributed by atoms with Gasteiger partial charge in [-0.05, 0) is 25.9 Å². The number of rotatable bonds is 6. The summed E-state index contributed by atoms with van der Waals surface area (Å²) in [4.78, 5) is 4.39. The summed E-state index contributed by atoms with van der Waals surface area (Å²) in [5, 5.41) is 3.19. The lowest BCUT2D eigenvalue weighted by Crippen LogP contribution is -2.19. The highest BCUT2D eigenvalue weighted by molar-refractivity contribution is 4.93. The van der Waals surface area contributed by atoms with Crippen LogP contribution in [0.2, 0.25) is 0 Å². The first-order chi connectivity index (χ1) is 6.77. The lowest BCUT2D eigenvalue weighted by atomic mass is 10.1. The Balaban J connectivity index is 2.52. The molecule has 1 heterocycles. The molecule has 0 bridgehead atoms. The van der Waals surface area contributed by atoms with E-state index in [2.05, 4.69) is 34.9 Å². The first-order valence-electron chi connectivity index (χ1n) is 5.42. The van der Waals surface area contributed by atoms with Crippen molar-refractivity contribution in [1.82, 2.24) is 14.9 Å². The predicted molar refractivity (Wildman–Crippen MR) is 59.3 cm³/mol. The molecule has 0 aliphatic heterocycles. The third kappa shape index (κ3) is 3.14. The van der Waals surface area contributed by atoms with Gasteiger partial charge >= 0.3 is 0 Å². The van der Waals surface area contributed by atoms with Crippen LogP contribution in [0, 0.1) is 5.92 Å². The molecule has 0 fully saturated rings. The van der Waals surface area contributed by atoms with Gasteiger partial charge in [-0.3, -0.25) is 0 Å². The lowest BCUT2D eigenvalue weighted by molar-refractivity contribution is 0.507. The van der Waals surface area contributed by atoms with E-state index in [0.29, 0.717) is 5.92 Å². The van der Waals surface area contributed by atoms with Gasteiger partial charge in [0.2, 0.25) is 0 Å². The number of aromatic nitrogens is 2. The van der Waals surface area contributed by atoms with Gasteiger partial charge < -0.3 is 9.88 Å². The van der Waals surface area contributed by atoms with Gasteiger partial charge in [-0.15, -0.1) is 0 Å². The number of nitrogens with one attached hydrogen (secondary N) is 1. The maximum atomic E-state index is 4.39. The van der Waals surface area contributed by atoms with Crippen LogP contribution in [0.5, 0.6) is 0 Å². The fourth-order valence-corrected chi connectivity index (χ4v) is 1.71. The van der Waals surface area contributed by atoms with E-state index in [1.54, 1.807) is 0 Å². The predicted octanol–water partition coefficient (Wildman–Crippen LogP) is 1.69. The molecule has 0 radical (unpaired) electrons. The quantitative estimate of drug-likeness (QED) is 0.748. The van der Waals surface area contributed by atoms with Crippen molar-refractivity contribution in [2.24, 2.45) is 5.92 Å². The molecule has 0 aliphatic rings. The smallest absolute Gasteiger partial charge is 0.108 e. The van der Waals surface area contributed by atoms with Crippen LogP contribution in [0.4, 0.5) is 0 Å². The molecule has 0 amide bonds. The molecule has 0 saturated heterocycles. The van der Waals surface area contributed by atoms with Gasteiger partial charge in [0.25, 0.3) is 0 Å². The monoisotopic (exact) mass is 195 g/mol. The normalized spacial score (nSPS) is 13.1. The van der Waals surface area contributed by atoms with Crippen molar-refractivity contribution in [2.75, 3.05) is 13.6 Å². The Kier molecular flexibility index (Phi) is 4.66. The summed E-state index contributed by atoms with van der Waals surface area (Å²) in [5.41, 5.74) is 0. The standard InChI is InChI=1S/C11H21N3/c1-4-6-14-7-5-13-11(14)8-10(2)9-12-3/h5,7,10,12H,4,6,8-9H2,1-3H3. The first kappa shape index (κ1) is 11.2. The molecule has 0 spiro atoms. The van der Waals surface area contributed by atoms with Crippen molar-refractivity contribution in [3.8, 4) is 0 Å². The SMILES string of the molecule is CCCn1ccnc1CC(C)CNC. The summed E-state index contributed by atoms with van der Waals surface area (Å²) < 4.78 is 2.26. The van der Waals surface area contributed by atoms with Crippen molar-refractivity contribution in [3.05, 3.63) is 18.2 Å². The number of imidazole rings is 1. The van der Waals surface area contributed by atoms with Gasteiger partial charge in [0.15, 0.2) is 0 Å². The Bertz CT molecular complexity index is 255. The van der Waals surface area contributed by atoms with E-state index in [4.69, 9.17) is 0 Å². The van der Waals surface area contributed by atoms with Crippen molar-refractivity contribution in [1.29, 1.82) is 0 Å². The second-order valence-electron chi connectivity index (χ2n) is 3.90. The fraction of sp³-hybridized carbons (Fsp3) is 0.727. The number of aryl methyl sites for hydroxylation is 1. The van der Waals surface area contributed by atoms with Crippen LogP contribution in [0.25, 0.3) is 0 Å². The van der Waals surface area contributed by atoms with E-state index in [9.17, 15) is 0 Å². The van der Waals surface area contributed by atoms with E-state index in [1.165, 1.54) is 12.2 Å². The molecule has 1 unspecified atom stereocenters. The van der Waals surface area contributed by atoms with E-state index in [0.717, 1.165) is 19.5 Å². The Labute approximate surface area is 86.5 Å². The summed E-state index contributed by atoms with van der Waals surface area (Å²) in [6.07, 6.45) is 6.21. The molecule has 1 aromatic rings. The zero-order chi connectivity index (χ0) is 10.4. The Hall–Kier alpha value is -0.830. The highest BCUT2D eigenvalue weighted by atomic mass is 15.1. The maximum Gasteiger partial charge on any atom is 0.108 e. The van der Waals surface area contributed by atoms with Gasteiger partial charge in [0.1, 0.15) is 5.82 Å². The second-order valence-corrected chi connectivity index (χ2v) is 3.90. The first-order valence-corrected chi connectivity index (χ1v) is 5.42. The van der Waals surface area contributed by atoms with Crippen LogP contribution < -0.4 is 5.32 Å². The molecular formula is C11H21N3. The number of hydrogen-bond acceptors (Lipinski definition) is 2. The molecule has 1 N–H and O–H groups in total. The highest BCUT2D eigenvalue weighted by Crippen LogP contribution is 2.06. The molecule has 0 aromatic carbocycles. The number of hydrogen-bond donors (Lipinski definition) is 1. The largest absolute Gasteiger partial charge is 0.335 e. The van der Waals surface area contributed by atoms with Crippen LogP contribution in [-0.2, 0) is 13.0 Å². The maximum absolute atomic E-state index is 4.39. The van der Waals surface area contributed by atoms with Crippen LogP contribution >= 0.6 is 0 Å². The Morgan fingerprint density at radius 1 is 1.57 bits per heavy atom. The highest BCUT2D eigenvalue weighted by Gasteiger charge is 2.07. The van der Waals surface area contributed by atoms with Gasteiger partial charge in [0.05, 0.1) is 0 Å². The molecule has 3 heteroatoms. The number of nitrogens with zero attached hydrogens (tertiary/aromatic N) is 2. The summed E-state index contributed by atoms with van der Waals surface area (Å²) in [6, 6.07) is 0. The van der Waals surface area contributed by atoms with Gasteiger partial charge in [-0.25, -0.2) is 4.98 Å². The molecule has 14 heavy (non-hydrogen) atoms. The van der Waals surface area contributed by atoms with E-state index >= 15 is 0 Å². The van der Waals surface area contributed by atoms with Crippen molar-refractivity contribution in [3.63, 3.8) is 0 Å². The zero-order valence-corrected chi connectivity index (χ0v) is 9.45. The summed E-state index contributed by atoms with van der Waals surface area (Å²) in [5.74, 6) is 1.87. The third-order valence-corrected chi connectivity index (χ3v) is 2.35. The topological polar surface area (TPSA) is 29.9 Å². The molecular weight excluding hydrogens is 174 g/mol. The minimum absolute atomic E-state index is 0.651. The van der Waals surface area contributed by atoms with E-state index in [1.807, 2.05) is 13.2 Å². The minimum Gasteiger partial charge on any atom is -0.335 e. The minimum atomic E-state index is 0.651. The Morgan fingerprint density at radius 3 is 3.00 bits per heavy atom. The van der Waals surface area contributed by atoms with E-state index in [-0.39, 0.29) is 0 Å². The van der Waals surface area contributed by atoms with Crippen LogP contribution in [0.15, 0.2) is 12.4 Å². The fourth-order valence-electron chi connectivity index (χ4n) is 1.71. The van der Waals surface area contributed by atoms with Gasteiger partial charge in [0, 0.05) is 25.4 Å². The average Bonchev–Trinajstić information content (AvgIpc) is 2.54. The van der Waals surface area contributed by atoms with Crippen molar-refractivity contribution >= 4 is 0 Å². The summed E-state index contributed by atoms with van der Waals surface area (Å²) >= 11 is 0. The van der Waals surface area contributed by atoms with Crippen LogP contribution in [0.3, 0.4) is 0 Å².